The third-order valence-electron chi connectivity index (χ3n) is 1.92. The maximum atomic E-state index is 11.0. The minimum atomic E-state index is 0.0474. The van der Waals surface area contributed by atoms with Crippen molar-refractivity contribution in [3.05, 3.63) is 36.7 Å². The van der Waals surface area contributed by atoms with Crippen LogP contribution >= 0.6 is 0 Å². The summed E-state index contributed by atoms with van der Waals surface area (Å²) in [5, 5.41) is 2.21. The van der Waals surface area contributed by atoms with Gasteiger partial charge in [0.2, 0.25) is 5.91 Å². The summed E-state index contributed by atoms with van der Waals surface area (Å²) in [7, 11) is 0. The summed E-state index contributed by atoms with van der Waals surface area (Å²) < 4.78 is 1.60. The molecule has 1 aromatic carbocycles. The van der Waals surface area contributed by atoms with Crippen LogP contribution in [0.5, 0.6) is 0 Å². The summed E-state index contributed by atoms with van der Waals surface area (Å²) in [6.45, 7) is 1.55. The molecule has 0 N–H and O–H groups in total. The number of nitrogens with zero attached hydrogens (tertiary/aromatic N) is 1. The van der Waals surface area contributed by atoms with Gasteiger partial charge in [-0.05, 0) is 10.8 Å². The molecule has 0 aliphatic rings. The number of rotatable bonds is 0. The second-order valence-electron chi connectivity index (χ2n) is 2.81. The van der Waals surface area contributed by atoms with Gasteiger partial charge < -0.3 is 0 Å². The van der Waals surface area contributed by atoms with Gasteiger partial charge >= 0.3 is 0 Å². The molecule has 60 valence electrons. The average Bonchev–Trinajstić information content (AvgIpc) is 2.46. The van der Waals surface area contributed by atoms with Crippen LogP contribution in [0.15, 0.2) is 36.7 Å². The van der Waals surface area contributed by atoms with E-state index in [1.165, 1.54) is 0 Å². The highest BCUT2D eigenvalue weighted by atomic mass is 16.1. The molecule has 2 rings (SSSR count). The highest BCUT2D eigenvalue weighted by Crippen LogP contribution is 2.13. The van der Waals surface area contributed by atoms with Crippen molar-refractivity contribution in [3.63, 3.8) is 0 Å². The number of hydrogen-bond acceptors (Lipinski definition) is 1. The standard InChI is InChI=1S/C10H9NO/c1-8(12)11-6-9-4-2-3-5-10(9)7-11/h2-7H,1H3. The molecule has 2 nitrogen and oxygen atoms in total. The van der Waals surface area contributed by atoms with Gasteiger partial charge in [0.15, 0.2) is 0 Å². The maximum absolute atomic E-state index is 11.0. The molecule has 0 radical (unpaired) electrons. The quantitative estimate of drug-likeness (QED) is 0.578. The number of benzene rings is 1. The Labute approximate surface area is 70.4 Å². The van der Waals surface area contributed by atoms with Crippen LogP contribution in [0.3, 0.4) is 0 Å². The average molecular weight is 159 g/mol. The van der Waals surface area contributed by atoms with E-state index >= 15 is 0 Å². The van der Waals surface area contributed by atoms with E-state index in [-0.39, 0.29) is 5.91 Å². The van der Waals surface area contributed by atoms with Crippen molar-refractivity contribution in [1.82, 2.24) is 4.57 Å². The van der Waals surface area contributed by atoms with Crippen LogP contribution in [0.25, 0.3) is 10.8 Å². The molecule has 0 amide bonds. The Bertz CT molecular complexity index is 395. The molecule has 0 saturated carbocycles. The first-order chi connectivity index (χ1) is 5.77. The Morgan fingerprint density at radius 1 is 1.17 bits per heavy atom. The van der Waals surface area contributed by atoms with Gasteiger partial charge in [0.25, 0.3) is 0 Å². The van der Waals surface area contributed by atoms with Crippen molar-refractivity contribution in [2.75, 3.05) is 0 Å². The zero-order valence-electron chi connectivity index (χ0n) is 6.82. The van der Waals surface area contributed by atoms with E-state index in [0.717, 1.165) is 10.8 Å². The van der Waals surface area contributed by atoms with Gasteiger partial charge in [0, 0.05) is 19.3 Å². The minimum absolute atomic E-state index is 0.0474. The van der Waals surface area contributed by atoms with Gasteiger partial charge in [-0.25, -0.2) is 0 Å². The van der Waals surface area contributed by atoms with Gasteiger partial charge in [-0.2, -0.15) is 0 Å². The van der Waals surface area contributed by atoms with E-state index in [1.807, 2.05) is 36.7 Å². The number of hydrogen-bond donors (Lipinski definition) is 0. The molecular formula is C10H9NO. The number of fused-ring (bicyclic) bond motifs is 1. The van der Waals surface area contributed by atoms with Crippen LogP contribution in [0.1, 0.15) is 11.7 Å². The van der Waals surface area contributed by atoms with Crippen molar-refractivity contribution in [2.24, 2.45) is 0 Å². The lowest BCUT2D eigenvalue weighted by atomic mass is 10.2. The fourth-order valence-electron chi connectivity index (χ4n) is 1.26. The third kappa shape index (κ3) is 1.01. The minimum Gasteiger partial charge on any atom is -0.294 e. The van der Waals surface area contributed by atoms with Crippen LogP contribution in [0.2, 0.25) is 0 Å². The van der Waals surface area contributed by atoms with E-state index in [9.17, 15) is 4.79 Å². The molecule has 0 unspecified atom stereocenters. The van der Waals surface area contributed by atoms with Crippen molar-refractivity contribution >= 4 is 16.7 Å². The normalized spacial score (nSPS) is 10.4. The van der Waals surface area contributed by atoms with Crippen LogP contribution in [0, 0.1) is 0 Å². The lowest BCUT2D eigenvalue weighted by Crippen LogP contribution is -2.00. The Kier molecular flexibility index (Phi) is 1.47. The molecule has 0 bridgehead atoms. The zero-order chi connectivity index (χ0) is 8.55. The Morgan fingerprint density at radius 2 is 1.67 bits per heavy atom. The zero-order valence-corrected chi connectivity index (χ0v) is 6.82. The van der Waals surface area contributed by atoms with E-state index in [0.29, 0.717) is 0 Å². The first kappa shape index (κ1) is 7.10. The lowest BCUT2D eigenvalue weighted by molar-refractivity contribution is 0.0937. The summed E-state index contributed by atoms with van der Waals surface area (Å²) in [5.41, 5.74) is 0. The predicted molar refractivity (Wildman–Crippen MR) is 48.2 cm³/mol. The molecule has 1 heterocycles. The lowest BCUT2D eigenvalue weighted by Gasteiger charge is -1.89. The van der Waals surface area contributed by atoms with Gasteiger partial charge in [0.1, 0.15) is 0 Å². The molecule has 0 fully saturated rings. The van der Waals surface area contributed by atoms with Gasteiger partial charge in [-0.1, -0.05) is 24.3 Å². The fourth-order valence-corrected chi connectivity index (χ4v) is 1.26. The van der Waals surface area contributed by atoms with Crippen molar-refractivity contribution < 1.29 is 4.79 Å². The summed E-state index contributed by atoms with van der Waals surface area (Å²) in [4.78, 5) is 11.0. The van der Waals surface area contributed by atoms with Gasteiger partial charge in [-0.3, -0.25) is 9.36 Å². The third-order valence-corrected chi connectivity index (χ3v) is 1.92. The largest absolute Gasteiger partial charge is 0.294 e. The summed E-state index contributed by atoms with van der Waals surface area (Å²) in [5.74, 6) is 0.0474. The van der Waals surface area contributed by atoms with E-state index in [2.05, 4.69) is 0 Å². The van der Waals surface area contributed by atoms with Gasteiger partial charge in [-0.15, -0.1) is 0 Å². The second kappa shape index (κ2) is 2.48. The highest BCUT2D eigenvalue weighted by molar-refractivity contribution is 5.88. The second-order valence-corrected chi connectivity index (χ2v) is 2.81. The summed E-state index contributed by atoms with van der Waals surface area (Å²) >= 11 is 0. The van der Waals surface area contributed by atoms with E-state index in [1.54, 1.807) is 11.5 Å². The SMILES string of the molecule is CC(=O)n1cc2ccccc2c1. The Balaban J connectivity index is 2.70. The first-order valence-corrected chi connectivity index (χ1v) is 3.85. The monoisotopic (exact) mass is 159 g/mol. The van der Waals surface area contributed by atoms with Crippen LogP contribution in [-0.4, -0.2) is 10.5 Å². The molecule has 0 spiro atoms. The Morgan fingerprint density at radius 3 is 2.08 bits per heavy atom. The predicted octanol–water partition coefficient (Wildman–Crippen LogP) is 2.30. The van der Waals surface area contributed by atoms with Crippen molar-refractivity contribution in [3.8, 4) is 0 Å². The molecule has 1 aromatic heterocycles. The number of carbonyl (C=O) groups is 1. The molecule has 0 saturated heterocycles. The summed E-state index contributed by atoms with van der Waals surface area (Å²) in [6.07, 6.45) is 3.69. The van der Waals surface area contributed by atoms with E-state index in [4.69, 9.17) is 0 Å². The molecule has 0 aliphatic carbocycles. The molecule has 12 heavy (non-hydrogen) atoms. The number of carbonyl (C=O) groups excluding carboxylic acids is 1. The van der Waals surface area contributed by atoms with Crippen LogP contribution in [-0.2, 0) is 0 Å². The molecule has 2 heteroatoms. The van der Waals surface area contributed by atoms with Crippen molar-refractivity contribution in [1.29, 1.82) is 0 Å². The van der Waals surface area contributed by atoms with Gasteiger partial charge in [0.05, 0.1) is 0 Å². The number of aromatic nitrogens is 1. The smallest absolute Gasteiger partial charge is 0.227 e. The van der Waals surface area contributed by atoms with Crippen molar-refractivity contribution in [2.45, 2.75) is 6.92 Å². The van der Waals surface area contributed by atoms with Crippen LogP contribution < -0.4 is 0 Å². The van der Waals surface area contributed by atoms with E-state index < -0.39 is 0 Å². The molecule has 0 atom stereocenters. The van der Waals surface area contributed by atoms with Crippen LogP contribution in [0.4, 0.5) is 0 Å². The molecule has 2 aromatic rings. The first-order valence-electron chi connectivity index (χ1n) is 3.85. The fraction of sp³-hybridized carbons (Fsp3) is 0.100. The highest BCUT2D eigenvalue weighted by Gasteiger charge is 1.99. The Hall–Kier alpha value is -1.57. The maximum Gasteiger partial charge on any atom is 0.227 e. The topological polar surface area (TPSA) is 22.0 Å². The molecule has 0 aliphatic heterocycles. The molecular weight excluding hydrogens is 150 g/mol. The summed E-state index contributed by atoms with van der Waals surface area (Å²) in [6, 6.07) is 7.92.